The van der Waals surface area contributed by atoms with Gasteiger partial charge in [0.05, 0.1) is 0 Å². The summed E-state index contributed by atoms with van der Waals surface area (Å²) in [6.45, 7) is 3.81. The summed E-state index contributed by atoms with van der Waals surface area (Å²) in [4.78, 5) is 12.8. The average molecular weight is 390 g/mol. The summed E-state index contributed by atoms with van der Waals surface area (Å²) in [5.41, 5.74) is 2.18. The summed E-state index contributed by atoms with van der Waals surface area (Å²) >= 11 is 0. The molecule has 4 heteroatoms. The molecule has 0 aliphatic rings. The van der Waals surface area contributed by atoms with E-state index in [0.29, 0.717) is 0 Å². The summed E-state index contributed by atoms with van der Waals surface area (Å²) in [5.74, 6) is -1.12. The molecule has 0 saturated carbocycles. The molecule has 0 aromatic heterocycles. The molecule has 0 bridgehead atoms. The van der Waals surface area contributed by atoms with Crippen LogP contribution in [-0.2, 0) is 12.8 Å². The number of hydrogen-bond donors (Lipinski definition) is 3. The highest BCUT2D eigenvalue weighted by atomic mass is 16.3. The lowest BCUT2D eigenvalue weighted by molar-refractivity contribution is 0.0962. The highest BCUT2D eigenvalue weighted by Crippen LogP contribution is 2.44. The number of rotatable bonds is 7. The van der Waals surface area contributed by atoms with E-state index in [9.17, 15) is 20.1 Å². The zero-order valence-electron chi connectivity index (χ0n) is 16.7. The minimum absolute atomic E-state index is 0.0743. The maximum absolute atomic E-state index is 12.8. The zero-order chi connectivity index (χ0) is 21.0. The highest BCUT2D eigenvalue weighted by Gasteiger charge is 2.27. The van der Waals surface area contributed by atoms with E-state index >= 15 is 0 Å². The average Bonchev–Trinajstić information content (AvgIpc) is 2.69. The van der Waals surface area contributed by atoms with E-state index in [4.69, 9.17) is 0 Å². The van der Waals surface area contributed by atoms with Gasteiger partial charge in [-0.05, 0) is 17.0 Å². The second-order valence-electron chi connectivity index (χ2n) is 7.72. The molecule has 3 aromatic carbocycles. The summed E-state index contributed by atoms with van der Waals surface area (Å²) in [6, 6.07) is 18.8. The number of ketones is 1. The molecule has 0 heterocycles. The Morgan fingerprint density at radius 3 is 1.52 bits per heavy atom. The van der Waals surface area contributed by atoms with E-state index in [1.807, 2.05) is 74.5 Å². The van der Waals surface area contributed by atoms with Gasteiger partial charge >= 0.3 is 0 Å². The molecular weight excluding hydrogens is 364 g/mol. The molecule has 0 spiro atoms. The van der Waals surface area contributed by atoms with Gasteiger partial charge in [-0.1, -0.05) is 74.5 Å². The summed E-state index contributed by atoms with van der Waals surface area (Å²) < 4.78 is 0. The van der Waals surface area contributed by atoms with Gasteiger partial charge in [0.1, 0.15) is 22.8 Å². The third-order valence-corrected chi connectivity index (χ3v) is 4.94. The largest absolute Gasteiger partial charge is 0.507 e. The number of carbonyl (C=O) groups excluding carboxylic acids is 1. The lowest BCUT2D eigenvalue weighted by atomic mass is 9.89. The van der Waals surface area contributed by atoms with Gasteiger partial charge < -0.3 is 15.3 Å². The molecule has 0 radical (unpaired) electrons. The summed E-state index contributed by atoms with van der Waals surface area (Å²) in [5, 5.41) is 32.6. The number of benzene rings is 3. The van der Waals surface area contributed by atoms with Gasteiger partial charge in [-0.25, -0.2) is 0 Å². The predicted molar refractivity (Wildman–Crippen MR) is 114 cm³/mol. The minimum atomic E-state index is -0.341. The number of aromatic hydroxyl groups is 3. The highest BCUT2D eigenvalue weighted by molar-refractivity contribution is 6.02. The molecule has 0 aliphatic carbocycles. The molecular formula is C25H26O4. The molecule has 0 aliphatic heterocycles. The quantitative estimate of drug-likeness (QED) is 0.484. The Morgan fingerprint density at radius 2 is 1.14 bits per heavy atom. The third kappa shape index (κ3) is 4.60. The maximum Gasteiger partial charge on any atom is 0.170 e. The van der Waals surface area contributed by atoms with E-state index in [0.717, 1.165) is 11.1 Å². The monoisotopic (exact) mass is 390 g/mol. The molecule has 3 aromatic rings. The van der Waals surface area contributed by atoms with Crippen LogP contribution in [0.3, 0.4) is 0 Å². The van der Waals surface area contributed by atoms with Crippen molar-refractivity contribution in [1.29, 1.82) is 0 Å². The van der Waals surface area contributed by atoms with Crippen molar-refractivity contribution in [2.24, 2.45) is 5.92 Å². The Hall–Kier alpha value is -3.27. The smallest absolute Gasteiger partial charge is 0.170 e. The first kappa shape index (κ1) is 20.5. The van der Waals surface area contributed by atoms with E-state index < -0.39 is 0 Å². The van der Waals surface area contributed by atoms with Crippen molar-refractivity contribution in [2.75, 3.05) is 0 Å². The second-order valence-corrected chi connectivity index (χ2v) is 7.72. The lowest BCUT2D eigenvalue weighted by Gasteiger charge is -2.19. The molecule has 0 saturated heterocycles. The number of phenolic OH excluding ortho intramolecular Hbond substituents is 3. The Bertz CT molecular complexity index is 924. The summed E-state index contributed by atoms with van der Waals surface area (Å²) in [7, 11) is 0. The van der Waals surface area contributed by atoms with E-state index in [-0.39, 0.29) is 64.9 Å². The van der Waals surface area contributed by atoms with Crippen molar-refractivity contribution in [1.82, 2.24) is 0 Å². The maximum atomic E-state index is 12.8. The van der Waals surface area contributed by atoms with Crippen LogP contribution in [0.1, 0.15) is 52.9 Å². The Balaban J connectivity index is 2.15. The van der Waals surface area contributed by atoms with Crippen LogP contribution in [0, 0.1) is 5.92 Å². The number of Topliss-reactive ketones (excluding diaryl/α,β-unsaturated/α-hetero) is 1. The number of carbonyl (C=O) groups is 1. The van der Waals surface area contributed by atoms with Crippen LogP contribution in [-0.4, -0.2) is 21.1 Å². The molecule has 3 N–H and O–H groups in total. The van der Waals surface area contributed by atoms with E-state index in [1.54, 1.807) is 0 Å². The number of phenols is 3. The van der Waals surface area contributed by atoms with Gasteiger partial charge in [0.2, 0.25) is 0 Å². The second kappa shape index (κ2) is 8.82. The lowest BCUT2D eigenvalue weighted by Crippen LogP contribution is -2.08. The van der Waals surface area contributed by atoms with Crippen LogP contribution in [0.25, 0.3) is 0 Å². The van der Waals surface area contributed by atoms with Crippen molar-refractivity contribution in [3.05, 3.63) is 88.5 Å². The zero-order valence-corrected chi connectivity index (χ0v) is 16.7. The SMILES string of the molecule is CC(C)CC(=O)c1c(O)c(Cc2ccccc2)c(O)c(Cc2ccccc2)c1O. The van der Waals surface area contributed by atoms with Gasteiger partial charge in [0.25, 0.3) is 0 Å². The topological polar surface area (TPSA) is 77.8 Å². The van der Waals surface area contributed by atoms with Gasteiger partial charge in [-0.2, -0.15) is 0 Å². The fourth-order valence-electron chi connectivity index (χ4n) is 3.49. The first-order valence-electron chi connectivity index (χ1n) is 9.78. The standard InChI is InChI=1S/C25H26O4/c1-16(2)13-21(26)22-24(28)19(14-17-9-5-3-6-10-17)23(27)20(25(22)29)15-18-11-7-4-8-12-18/h3-12,16,27-29H,13-15H2,1-2H3. The molecule has 3 rings (SSSR count). The minimum Gasteiger partial charge on any atom is -0.507 e. The van der Waals surface area contributed by atoms with Crippen LogP contribution in [0.5, 0.6) is 17.2 Å². The molecule has 29 heavy (non-hydrogen) atoms. The van der Waals surface area contributed by atoms with E-state index in [1.165, 1.54) is 0 Å². The van der Waals surface area contributed by atoms with Crippen molar-refractivity contribution in [3.63, 3.8) is 0 Å². The molecule has 150 valence electrons. The van der Waals surface area contributed by atoms with Crippen LogP contribution in [0.2, 0.25) is 0 Å². The van der Waals surface area contributed by atoms with Crippen LogP contribution in [0.15, 0.2) is 60.7 Å². The van der Waals surface area contributed by atoms with Crippen LogP contribution < -0.4 is 0 Å². The van der Waals surface area contributed by atoms with Crippen LogP contribution in [0.4, 0.5) is 0 Å². The fraction of sp³-hybridized carbons (Fsp3) is 0.240. The fourth-order valence-corrected chi connectivity index (χ4v) is 3.49. The van der Waals surface area contributed by atoms with Gasteiger partial charge in [0, 0.05) is 30.4 Å². The number of hydrogen-bond acceptors (Lipinski definition) is 4. The Morgan fingerprint density at radius 1 is 0.724 bits per heavy atom. The van der Waals surface area contributed by atoms with E-state index in [2.05, 4.69) is 0 Å². The predicted octanol–water partition coefficient (Wildman–Crippen LogP) is 5.21. The molecule has 0 fully saturated rings. The first-order chi connectivity index (χ1) is 13.9. The summed E-state index contributed by atoms with van der Waals surface area (Å²) in [6.07, 6.45) is 0.701. The third-order valence-electron chi connectivity index (χ3n) is 4.94. The molecule has 4 nitrogen and oxygen atoms in total. The van der Waals surface area contributed by atoms with Crippen molar-refractivity contribution >= 4 is 5.78 Å². The van der Waals surface area contributed by atoms with Crippen molar-refractivity contribution in [3.8, 4) is 17.2 Å². The van der Waals surface area contributed by atoms with Crippen molar-refractivity contribution < 1.29 is 20.1 Å². The molecule has 0 amide bonds. The van der Waals surface area contributed by atoms with Gasteiger partial charge in [0.15, 0.2) is 5.78 Å². The molecule has 0 unspecified atom stereocenters. The van der Waals surface area contributed by atoms with Crippen LogP contribution >= 0.6 is 0 Å². The van der Waals surface area contributed by atoms with Crippen molar-refractivity contribution in [2.45, 2.75) is 33.1 Å². The normalized spacial score (nSPS) is 11.0. The molecule has 0 atom stereocenters. The Labute approximate surface area is 171 Å². The first-order valence-corrected chi connectivity index (χ1v) is 9.78. The van der Waals surface area contributed by atoms with Gasteiger partial charge in [-0.15, -0.1) is 0 Å². The Kier molecular flexibility index (Phi) is 6.23. The van der Waals surface area contributed by atoms with Gasteiger partial charge in [-0.3, -0.25) is 4.79 Å².